The molecule has 8 heteroatoms. The Balaban J connectivity index is 1.66. The number of fused-ring (bicyclic) bond motifs is 1. The summed E-state index contributed by atoms with van der Waals surface area (Å²) in [6, 6.07) is 4.50. The standard InChI is InChI=1S/C22H27Cl2N3O2S/c1-4-8-21-26-19-14-25-16(3)15(2)22(19)27(21)11-6-5-7-12-30(28,29)20-10-9-17(23)13-18(20)24/h9-10,13-14H,4-8,11-12H2,1-3H3. The smallest absolute Gasteiger partial charge is 0.179 e. The molecule has 0 spiro atoms. The molecule has 2 aromatic heterocycles. The lowest BCUT2D eigenvalue weighted by Crippen LogP contribution is -2.09. The molecular weight excluding hydrogens is 441 g/mol. The van der Waals surface area contributed by atoms with Gasteiger partial charge in [-0.15, -0.1) is 0 Å². The second kappa shape index (κ2) is 9.67. The molecule has 3 rings (SSSR count). The van der Waals surface area contributed by atoms with Gasteiger partial charge in [0.1, 0.15) is 11.3 Å². The highest BCUT2D eigenvalue weighted by Crippen LogP contribution is 2.27. The largest absolute Gasteiger partial charge is 0.328 e. The van der Waals surface area contributed by atoms with E-state index in [1.165, 1.54) is 12.1 Å². The van der Waals surface area contributed by atoms with Gasteiger partial charge in [0.2, 0.25) is 0 Å². The molecule has 0 fully saturated rings. The first kappa shape index (κ1) is 23.0. The third-order valence-corrected chi connectivity index (χ3v) is 7.86. The van der Waals surface area contributed by atoms with E-state index in [4.69, 9.17) is 28.2 Å². The number of benzene rings is 1. The van der Waals surface area contributed by atoms with E-state index in [9.17, 15) is 8.42 Å². The first-order valence-electron chi connectivity index (χ1n) is 10.2. The summed E-state index contributed by atoms with van der Waals surface area (Å²) >= 11 is 11.9. The Morgan fingerprint density at radius 1 is 1.10 bits per heavy atom. The van der Waals surface area contributed by atoms with E-state index in [2.05, 4.69) is 23.4 Å². The van der Waals surface area contributed by atoms with Crippen LogP contribution in [0.4, 0.5) is 0 Å². The van der Waals surface area contributed by atoms with E-state index in [-0.39, 0.29) is 15.7 Å². The van der Waals surface area contributed by atoms with E-state index >= 15 is 0 Å². The molecule has 0 N–H and O–H groups in total. The number of pyridine rings is 1. The zero-order chi connectivity index (χ0) is 21.9. The van der Waals surface area contributed by atoms with Crippen molar-refractivity contribution in [1.29, 1.82) is 0 Å². The Labute approximate surface area is 188 Å². The summed E-state index contributed by atoms with van der Waals surface area (Å²) in [4.78, 5) is 9.37. The predicted octanol–water partition coefficient (Wildman–Crippen LogP) is 5.95. The highest BCUT2D eigenvalue weighted by atomic mass is 35.5. The number of unbranched alkanes of at least 4 members (excludes halogenated alkanes) is 2. The summed E-state index contributed by atoms with van der Waals surface area (Å²) in [6.45, 7) is 7.06. The Bertz CT molecular complexity index is 1160. The van der Waals surface area contributed by atoms with Gasteiger partial charge >= 0.3 is 0 Å². The maximum Gasteiger partial charge on any atom is 0.179 e. The van der Waals surface area contributed by atoms with Crippen molar-refractivity contribution in [2.45, 2.75) is 64.3 Å². The molecule has 5 nitrogen and oxygen atoms in total. The van der Waals surface area contributed by atoms with Crippen LogP contribution >= 0.6 is 23.2 Å². The van der Waals surface area contributed by atoms with Gasteiger partial charge in [-0.1, -0.05) is 36.5 Å². The van der Waals surface area contributed by atoms with E-state index in [0.717, 1.165) is 60.3 Å². The molecule has 30 heavy (non-hydrogen) atoms. The number of rotatable bonds is 9. The molecular formula is C22H27Cl2N3O2S. The summed E-state index contributed by atoms with van der Waals surface area (Å²) in [7, 11) is -3.42. The minimum Gasteiger partial charge on any atom is -0.328 e. The fraction of sp³-hybridized carbons (Fsp3) is 0.455. The van der Waals surface area contributed by atoms with Crippen molar-refractivity contribution < 1.29 is 8.42 Å². The van der Waals surface area contributed by atoms with Crippen molar-refractivity contribution in [1.82, 2.24) is 14.5 Å². The molecule has 0 saturated heterocycles. The molecule has 0 atom stereocenters. The lowest BCUT2D eigenvalue weighted by molar-refractivity contribution is 0.572. The summed E-state index contributed by atoms with van der Waals surface area (Å²) in [5.41, 5.74) is 4.24. The molecule has 0 aliphatic carbocycles. The molecule has 0 unspecified atom stereocenters. The minimum atomic E-state index is -3.42. The Hall–Kier alpha value is -1.63. The molecule has 0 aliphatic heterocycles. The van der Waals surface area contributed by atoms with Gasteiger partial charge < -0.3 is 4.57 Å². The lowest BCUT2D eigenvalue weighted by atomic mass is 10.2. The van der Waals surface area contributed by atoms with Crippen LogP contribution in [0.25, 0.3) is 11.0 Å². The molecule has 0 radical (unpaired) electrons. The Morgan fingerprint density at radius 3 is 2.57 bits per heavy atom. The number of hydrogen-bond donors (Lipinski definition) is 0. The summed E-state index contributed by atoms with van der Waals surface area (Å²) in [5, 5.41) is 0.603. The fourth-order valence-corrected chi connectivity index (χ4v) is 5.86. The normalized spacial score (nSPS) is 12.0. The number of aryl methyl sites for hydroxylation is 4. The van der Waals surface area contributed by atoms with Crippen LogP contribution in [0.3, 0.4) is 0 Å². The van der Waals surface area contributed by atoms with Crippen LogP contribution < -0.4 is 0 Å². The van der Waals surface area contributed by atoms with E-state index in [1.807, 2.05) is 13.1 Å². The lowest BCUT2D eigenvalue weighted by Gasteiger charge is -2.11. The highest BCUT2D eigenvalue weighted by molar-refractivity contribution is 7.91. The molecule has 162 valence electrons. The number of halogens is 2. The summed E-state index contributed by atoms with van der Waals surface area (Å²) in [6.07, 6.45) is 6.05. The van der Waals surface area contributed by atoms with Crippen LogP contribution in [0.5, 0.6) is 0 Å². The SMILES string of the molecule is CCCc1nc2cnc(C)c(C)c2n1CCCCCS(=O)(=O)c1ccc(Cl)cc1Cl. The van der Waals surface area contributed by atoms with E-state index < -0.39 is 9.84 Å². The zero-order valence-corrected chi connectivity index (χ0v) is 19.9. The molecule has 0 amide bonds. The Kier molecular flexibility index (Phi) is 7.43. The van der Waals surface area contributed by atoms with Crippen molar-refractivity contribution in [3.8, 4) is 0 Å². The predicted molar refractivity (Wildman–Crippen MR) is 123 cm³/mol. The van der Waals surface area contributed by atoms with Gasteiger partial charge in [-0.2, -0.15) is 0 Å². The topological polar surface area (TPSA) is 64.8 Å². The molecule has 2 heterocycles. The van der Waals surface area contributed by atoms with E-state index in [1.54, 1.807) is 6.07 Å². The number of nitrogens with zero attached hydrogens (tertiary/aromatic N) is 3. The van der Waals surface area contributed by atoms with Crippen molar-refractivity contribution in [2.24, 2.45) is 0 Å². The number of imidazole rings is 1. The van der Waals surface area contributed by atoms with Gasteiger partial charge in [-0.05, 0) is 56.9 Å². The van der Waals surface area contributed by atoms with Gasteiger partial charge in [-0.3, -0.25) is 4.98 Å². The van der Waals surface area contributed by atoms with E-state index in [0.29, 0.717) is 11.4 Å². The first-order chi connectivity index (χ1) is 14.2. The quantitative estimate of drug-likeness (QED) is 0.364. The van der Waals surface area contributed by atoms with Crippen LogP contribution in [-0.2, 0) is 22.8 Å². The van der Waals surface area contributed by atoms with Gasteiger partial charge in [0.25, 0.3) is 0 Å². The van der Waals surface area contributed by atoms with Crippen molar-refractivity contribution >= 4 is 44.1 Å². The molecule has 3 aromatic rings. The van der Waals surface area contributed by atoms with Crippen LogP contribution in [-0.4, -0.2) is 28.7 Å². The molecule has 0 saturated carbocycles. The number of aromatic nitrogens is 3. The van der Waals surface area contributed by atoms with Crippen LogP contribution in [0, 0.1) is 13.8 Å². The molecule has 1 aromatic carbocycles. The molecule has 0 bridgehead atoms. The van der Waals surface area contributed by atoms with Gasteiger partial charge in [0.05, 0.1) is 27.4 Å². The monoisotopic (exact) mass is 467 g/mol. The average molecular weight is 468 g/mol. The fourth-order valence-electron chi connectivity index (χ4n) is 3.66. The van der Waals surface area contributed by atoms with Crippen molar-refractivity contribution in [3.05, 3.63) is 51.5 Å². The first-order valence-corrected chi connectivity index (χ1v) is 12.6. The highest BCUT2D eigenvalue weighted by Gasteiger charge is 2.18. The van der Waals surface area contributed by atoms with Gasteiger partial charge in [-0.25, -0.2) is 13.4 Å². The van der Waals surface area contributed by atoms with Crippen LogP contribution in [0.15, 0.2) is 29.3 Å². The van der Waals surface area contributed by atoms with Crippen molar-refractivity contribution in [2.75, 3.05) is 5.75 Å². The third kappa shape index (κ3) is 4.98. The number of hydrogen-bond acceptors (Lipinski definition) is 4. The second-order valence-electron chi connectivity index (χ2n) is 7.59. The second-order valence-corrected chi connectivity index (χ2v) is 10.5. The maximum absolute atomic E-state index is 12.6. The molecule has 0 aliphatic rings. The summed E-state index contributed by atoms with van der Waals surface area (Å²) < 4.78 is 27.5. The van der Waals surface area contributed by atoms with Crippen LogP contribution in [0.2, 0.25) is 10.0 Å². The summed E-state index contributed by atoms with van der Waals surface area (Å²) in [5.74, 6) is 1.15. The van der Waals surface area contributed by atoms with Crippen LogP contribution in [0.1, 0.15) is 49.7 Å². The van der Waals surface area contributed by atoms with Crippen molar-refractivity contribution in [3.63, 3.8) is 0 Å². The Morgan fingerprint density at radius 2 is 1.87 bits per heavy atom. The zero-order valence-electron chi connectivity index (χ0n) is 17.6. The average Bonchev–Trinajstić information content (AvgIpc) is 3.02. The number of sulfone groups is 1. The van der Waals surface area contributed by atoms with Gasteiger partial charge in [0, 0.05) is 23.7 Å². The maximum atomic E-state index is 12.6. The third-order valence-electron chi connectivity index (χ3n) is 5.35. The minimum absolute atomic E-state index is 0.0723. The van der Waals surface area contributed by atoms with Gasteiger partial charge in [0.15, 0.2) is 9.84 Å².